The van der Waals surface area contributed by atoms with Gasteiger partial charge in [0.05, 0.1) is 0 Å². The molecule has 1 saturated carbocycles. The van der Waals surface area contributed by atoms with Crippen LogP contribution in [-0.4, -0.2) is 0 Å². The van der Waals surface area contributed by atoms with E-state index in [4.69, 9.17) is 0 Å². The fourth-order valence-corrected chi connectivity index (χ4v) is 3.54. The lowest BCUT2D eigenvalue weighted by atomic mass is 9.82. The van der Waals surface area contributed by atoms with E-state index in [2.05, 4.69) is 46.1 Å². The van der Waals surface area contributed by atoms with Crippen LogP contribution < -0.4 is 0 Å². The third kappa shape index (κ3) is 3.42. The van der Waals surface area contributed by atoms with Crippen molar-refractivity contribution in [1.29, 1.82) is 0 Å². The highest BCUT2D eigenvalue weighted by atomic mass is 14.2. The highest BCUT2D eigenvalue weighted by molar-refractivity contribution is 5.73. The van der Waals surface area contributed by atoms with Crippen LogP contribution in [0.15, 0.2) is 25.3 Å². The molecule has 108 valence electrons. The fraction of sp³-hybridized carbons (Fsp3) is 0.500. The molecule has 20 heavy (non-hydrogen) atoms. The van der Waals surface area contributed by atoms with Gasteiger partial charge in [0.15, 0.2) is 0 Å². The van der Waals surface area contributed by atoms with Crippen molar-refractivity contribution in [3.8, 4) is 0 Å². The van der Waals surface area contributed by atoms with Gasteiger partial charge >= 0.3 is 0 Å². The molecule has 0 heteroatoms. The zero-order chi connectivity index (χ0) is 14.7. The van der Waals surface area contributed by atoms with E-state index in [1.165, 1.54) is 66.4 Å². The molecule has 0 unspecified atom stereocenters. The Balaban J connectivity index is 2.20. The Morgan fingerprint density at radius 3 is 2.20 bits per heavy atom. The maximum absolute atomic E-state index is 4.38. The van der Waals surface area contributed by atoms with E-state index in [1.54, 1.807) is 0 Å². The Kier molecular flexibility index (Phi) is 4.86. The summed E-state index contributed by atoms with van der Waals surface area (Å²) in [6, 6.07) is 4.59. The van der Waals surface area contributed by atoms with Crippen LogP contribution >= 0.6 is 0 Å². The van der Waals surface area contributed by atoms with Gasteiger partial charge in [-0.3, -0.25) is 0 Å². The number of rotatable bonds is 4. The molecule has 0 aliphatic heterocycles. The predicted octanol–water partition coefficient (Wildman–Crippen LogP) is 6.32. The predicted molar refractivity (Wildman–Crippen MR) is 90.9 cm³/mol. The molecule has 1 fully saturated rings. The lowest BCUT2D eigenvalue weighted by Crippen LogP contribution is -2.07. The zero-order valence-corrected chi connectivity index (χ0v) is 13.4. The third-order valence-corrected chi connectivity index (χ3v) is 4.67. The molecular weight excluding hydrogens is 240 g/mol. The van der Waals surface area contributed by atoms with Crippen molar-refractivity contribution in [1.82, 2.24) is 0 Å². The second-order valence-corrected chi connectivity index (χ2v) is 6.57. The molecule has 0 spiro atoms. The highest BCUT2D eigenvalue weighted by Crippen LogP contribution is 2.34. The van der Waals surface area contributed by atoms with Crippen LogP contribution in [0.5, 0.6) is 0 Å². The summed E-state index contributed by atoms with van der Waals surface area (Å²) in [5.41, 5.74) is 7.78. The topological polar surface area (TPSA) is 0 Å². The van der Waals surface area contributed by atoms with Gasteiger partial charge in [-0.25, -0.2) is 0 Å². The van der Waals surface area contributed by atoms with Gasteiger partial charge < -0.3 is 0 Å². The first kappa shape index (κ1) is 15.1. The third-order valence-electron chi connectivity index (χ3n) is 4.67. The largest absolute Gasteiger partial charge is 0.0955 e. The van der Waals surface area contributed by atoms with Crippen molar-refractivity contribution in [2.75, 3.05) is 0 Å². The smallest absolute Gasteiger partial charge is 0.0195 e. The summed E-state index contributed by atoms with van der Waals surface area (Å²) in [6.45, 7) is 14.9. The minimum Gasteiger partial charge on any atom is -0.0955 e. The number of hydrogen-bond donors (Lipinski definition) is 0. The van der Waals surface area contributed by atoms with E-state index in [9.17, 15) is 0 Å². The van der Waals surface area contributed by atoms with E-state index in [1.807, 2.05) is 0 Å². The molecule has 1 aromatic carbocycles. The van der Waals surface area contributed by atoms with Gasteiger partial charge in [0.1, 0.15) is 0 Å². The summed E-state index contributed by atoms with van der Waals surface area (Å²) in [6.07, 6.45) is 8.17. The molecule has 0 amide bonds. The Labute approximate surface area is 124 Å². The zero-order valence-electron chi connectivity index (χ0n) is 13.4. The first-order valence-corrected chi connectivity index (χ1v) is 7.94. The van der Waals surface area contributed by atoms with Gasteiger partial charge in [-0.05, 0) is 67.0 Å². The second kappa shape index (κ2) is 6.43. The molecule has 2 rings (SSSR count). The molecule has 0 radical (unpaired) electrons. The van der Waals surface area contributed by atoms with Crippen LogP contribution in [0.3, 0.4) is 0 Å². The van der Waals surface area contributed by atoms with Crippen molar-refractivity contribution in [3.05, 3.63) is 47.5 Å². The van der Waals surface area contributed by atoms with Gasteiger partial charge in [0.25, 0.3) is 0 Å². The minimum atomic E-state index is 0.852. The highest BCUT2D eigenvalue weighted by Gasteiger charge is 2.16. The van der Waals surface area contributed by atoms with Gasteiger partial charge in [0.2, 0.25) is 0 Å². The molecule has 1 aliphatic carbocycles. The minimum absolute atomic E-state index is 0.852. The molecule has 0 saturated heterocycles. The summed E-state index contributed by atoms with van der Waals surface area (Å²) < 4.78 is 0. The van der Waals surface area contributed by atoms with Crippen LogP contribution in [0, 0.1) is 19.8 Å². The van der Waals surface area contributed by atoms with E-state index in [0.717, 1.165) is 11.5 Å². The van der Waals surface area contributed by atoms with Crippen molar-refractivity contribution >= 4 is 11.1 Å². The van der Waals surface area contributed by atoms with Gasteiger partial charge in [0, 0.05) is 0 Å². The van der Waals surface area contributed by atoms with E-state index < -0.39 is 0 Å². The van der Waals surface area contributed by atoms with Crippen LogP contribution in [0.4, 0.5) is 0 Å². The van der Waals surface area contributed by atoms with Crippen molar-refractivity contribution in [3.63, 3.8) is 0 Å². The normalized spacial score (nSPS) is 16.1. The standard InChI is InChI=1S/C20H28/c1-14(2)19-13-20(16(4)11-15(19)3)17(5)12-18-9-7-6-8-10-18/h11,13,18H,1,5-10,12H2,2-4H3. The van der Waals surface area contributed by atoms with Gasteiger partial charge in [-0.1, -0.05) is 56.9 Å². The Hall–Kier alpha value is -1.30. The SMILES string of the molecule is C=C(C)c1cc(C(=C)CC2CCCCC2)c(C)cc1C. The quantitative estimate of drug-likeness (QED) is 0.599. The van der Waals surface area contributed by atoms with Gasteiger partial charge in [-0.15, -0.1) is 0 Å². The van der Waals surface area contributed by atoms with Crippen LogP contribution in [0.25, 0.3) is 11.1 Å². The second-order valence-electron chi connectivity index (χ2n) is 6.57. The maximum atomic E-state index is 4.38. The van der Waals surface area contributed by atoms with E-state index >= 15 is 0 Å². The maximum Gasteiger partial charge on any atom is -0.0195 e. The lowest BCUT2D eigenvalue weighted by Gasteiger charge is -2.23. The number of allylic oxidation sites excluding steroid dienone is 2. The average molecular weight is 268 g/mol. The Morgan fingerprint density at radius 1 is 1.00 bits per heavy atom. The number of benzene rings is 1. The average Bonchev–Trinajstić information content (AvgIpc) is 2.39. The van der Waals surface area contributed by atoms with Crippen LogP contribution in [0.1, 0.15) is 67.7 Å². The lowest BCUT2D eigenvalue weighted by molar-refractivity contribution is 0.365. The Bertz CT molecular complexity index is 513. The molecule has 0 atom stereocenters. The monoisotopic (exact) mass is 268 g/mol. The van der Waals surface area contributed by atoms with Crippen LogP contribution in [-0.2, 0) is 0 Å². The van der Waals surface area contributed by atoms with Crippen LogP contribution in [0.2, 0.25) is 0 Å². The molecule has 1 aromatic rings. The molecule has 0 heterocycles. The van der Waals surface area contributed by atoms with Crippen molar-refractivity contribution in [2.24, 2.45) is 5.92 Å². The number of hydrogen-bond acceptors (Lipinski definition) is 0. The van der Waals surface area contributed by atoms with Gasteiger partial charge in [-0.2, -0.15) is 0 Å². The fourth-order valence-electron chi connectivity index (χ4n) is 3.54. The van der Waals surface area contributed by atoms with E-state index in [-0.39, 0.29) is 0 Å². The molecule has 0 bridgehead atoms. The summed E-state index contributed by atoms with van der Waals surface area (Å²) in [5.74, 6) is 0.852. The molecule has 0 nitrogen and oxygen atoms in total. The summed E-state index contributed by atoms with van der Waals surface area (Å²) >= 11 is 0. The molecule has 0 aromatic heterocycles. The Morgan fingerprint density at radius 2 is 1.60 bits per heavy atom. The first-order chi connectivity index (χ1) is 9.49. The molecule has 0 N–H and O–H groups in total. The summed E-state index contributed by atoms with van der Waals surface area (Å²) in [4.78, 5) is 0. The van der Waals surface area contributed by atoms with E-state index in [0.29, 0.717) is 0 Å². The summed E-state index contributed by atoms with van der Waals surface area (Å²) in [7, 11) is 0. The first-order valence-electron chi connectivity index (χ1n) is 7.94. The number of aryl methyl sites for hydroxylation is 2. The molecule has 1 aliphatic rings. The van der Waals surface area contributed by atoms with Crippen molar-refractivity contribution < 1.29 is 0 Å². The summed E-state index contributed by atoms with van der Waals surface area (Å²) in [5, 5.41) is 0. The van der Waals surface area contributed by atoms with Crippen molar-refractivity contribution in [2.45, 2.75) is 59.3 Å². The molecular formula is C20H28.